The number of nitrogens with one attached hydrogen (secondary N) is 1. The van der Waals surface area contributed by atoms with Crippen LogP contribution >= 0.6 is 0 Å². The average molecular weight is 213 g/mol. The lowest BCUT2D eigenvalue weighted by atomic mass is 10.1. The number of hydrogen-bond acceptors (Lipinski definition) is 1. The normalized spacial score (nSPS) is 12.5. The van der Waals surface area contributed by atoms with Crippen molar-refractivity contribution in [2.24, 2.45) is 0 Å². The molecule has 84 valence electrons. The lowest BCUT2D eigenvalue weighted by Gasteiger charge is -2.17. The standard InChI is InChI=1S/C12H17F2N/c1-3-5-10(4-2)15-12-8-9(13)6-7-11(12)14/h6-8,10,15H,3-5H2,1-2H3. The van der Waals surface area contributed by atoms with Crippen molar-refractivity contribution in [3.05, 3.63) is 29.8 Å². The van der Waals surface area contributed by atoms with Gasteiger partial charge in [-0.3, -0.25) is 0 Å². The van der Waals surface area contributed by atoms with Crippen molar-refractivity contribution in [3.8, 4) is 0 Å². The minimum Gasteiger partial charge on any atom is -0.380 e. The van der Waals surface area contributed by atoms with E-state index in [9.17, 15) is 8.78 Å². The summed E-state index contributed by atoms with van der Waals surface area (Å²) in [5.41, 5.74) is 0.260. The van der Waals surface area contributed by atoms with Gasteiger partial charge < -0.3 is 5.32 Å². The molecule has 0 aromatic heterocycles. The van der Waals surface area contributed by atoms with Crippen LogP contribution in [-0.4, -0.2) is 6.04 Å². The summed E-state index contributed by atoms with van der Waals surface area (Å²) in [6, 6.07) is 3.69. The Kier molecular flexibility index (Phi) is 4.53. The Labute approximate surface area is 89.5 Å². The third-order valence-corrected chi connectivity index (χ3v) is 2.42. The fraction of sp³-hybridized carbons (Fsp3) is 0.500. The molecule has 1 N–H and O–H groups in total. The summed E-state index contributed by atoms with van der Waals surface area (Å²) in [4.78, 5) is 0. The molecule has 3 heteroatoms. The van der Waals surface area contributed by atoms with Crippen LogP contribution in [0.1, 0.15) is 33.1 Å². The Morgan fingerprint density at radius 2 is 2.00 bits per heavy atom. The van der Waals surface area contributed by atoms with Gasteiger partial charge in [0.15, 0.2) is 0 Å². The molecule has 0 heterocycles. The van der Waals surface area contributed by atoms with Crippen molar-refractivity contribution in [1.29, 1.82) is 0 Å². The van der Waals surface area contributed by atoms with Gasteiger partial charge in [0.25, 0.3) is 0 Å². The number of halogens is 2. The van der Waals surface area contributed by atoms with Crippen LogP contribution in [0.3, 0.4) is 0 Å². The van der Waals surface area contributed by atoms with Gasteiger partial charge in [-0.2, -0.15) is 0 Å². The molecule has 1 rings (SSSR count). The monoisotopic (exact) mass is 213 g/mol. The Morgan fingerprint density at radius 3 is 2.60 bits per heavy atom. The Hall–Kier alpha value is -1.12. The summed E-state index contributed by atoms with van der Waals surface area (Å²) >= 11 is 0. The van der Waals surface area contributed by atoms with Crippen LogP contribution < -0.4 is 5.32 Å². The summed E-state index contributed by atoms with van der Waals surface area (Å²) < 4.78 is 26.2. The van der Waals surface area contributed by atoms with Gasteiger partial charge in [0, 0.05) is 6.04 Å². The molecule has 0 saturated carbocycles. The molecule has 1 aromatic rings. The summed E-state index contributed by atoms with van der Waals surface area (Å²) in [5, 5.41) is 3.02. The van der Waals surface area contributed by atoms with E-state index in [0.717, 1.165) is 31.4 Å². The third kappa shape index (κ3) is 3.50. The van der Waals surface area contributed by atoms with Crippen LogP contribution in [-0.2, 0) is 0 Å². The molecule has 1 atom stereocenters. The minimum atomic E-state index is -0.412. The summed E-state index contributed by atoms with van der Waals surface area (Å²) in [5.74, 6) is -0.809. The highest BCUT2D eigenvalue weighted by Gasteiger charge is 2.08. The molecule has 1 nitrogen and oxygen atoms in total. The SMILES string of the molecule is CCCC(CC)Nc1cc(F)ccc1F. The van der Waals surface area contributed by atoms with Crippen LogP contribution in [0.2, 0.25) is 0 Å². The van der Waals surface area contributed by atoms with E-state index in [2.05, 4.69) is 12.2 Å². The van der Waals surface area contributed by atoms with Crippen LogP contribution in [0.4, 0.5) is 14.5 Å². The van der Waals surface area contributed by atoms with Crippen molar-refractivity contribution in [2.45, 2.75) is 39.2 Å². The molecule has 0 aliphatic rings. The number of anilines is 1. The molecular weight excluding hydrogens is 196 g/mol. The minimum absolute atomic E-state index is 0.214. The fourth-order valence-electron chi connectivity index (χ4n) is 1.55. The maximum Gasteiger partial charge on any atom is 0.146 e. The maximum absolute atomic E-state index is 13.3. The zero-order valence-corrected chi connectivity index (χ0v) is 9.19. The van der Waals surface area contributed by atoms with Gasteiger partial charge >= 0.3 is 0 Å². The summed E-state index contributed by atoms with van der Waals surface area (Å²) in [6.45, 7) is 4.11. The van der Waals surface area contributed by atoms with E-state index < -0.39 is 11.6 Å². The molecule has 0 saturated heterocycles. The molecule has 0 bridgehead atoms. The van der Waals surface area contributed by atoms with E-state index in [1.54, 1.807) is 0 Å². The zero-order valence-electron chi connectivity index (χ0n) is 9.19. The Bertz CT molecular complexity index is 312. The lowest BCUT2D eigenvalue weighted by molar-refractivity contribution is 0.585. The topological polar surface area (TPSA) is 12.0 Å². The highest BCUT2D eigenvalue weighted by Crippen LogP contribution is 2.18. The van der Waals surface area contributed by atoms with Crippen molar-refractivity contribution >= 4 is 5.69 Å². The lowest BCUT2D eigenvalue weighted by Crippen LogP contribution is -2.18. The Morgan fingerprint density at radius 1 is 1.27 bits per heavy atom. The van der Waals surface area contributed by atoms with Gasteiger partial charge in [0.2, 0.25) is 0 Å². The second-order valence-corrected chi connectivity index (χ2v) is 3.66. The highest BCUT2D eigenvalue weighted by atomic mass is 19.1. The van der Waals surface area contributed by atoms with Gasteiger partial charge in [0.05, 0.1) is 5.69 Å². The predicted molar refractivity (Wildman–Crippen MR) is 59.0 cm³/mol. The van der Waals surface area contributed by atoms with Crippen LogP contribution in [0.5, 0.6) is 0 Å². The first kappa shape index (κ1) is 12.0. The van der Waals surface area contributed by atoms with E-state index in [1.165, 1.54) is 6.07 Å². The number of benzene rings is 1. The molecule has 1 unspecified atom stereocenters. The molecule has 0 spiro atoms. The summed E-state index contributed by atoms with van der Waals surface area (Å²) in [6.07, 6.45) is 2.90. The molecule has 0 aliphatic heterocycles. The first-order chi connectivity index (χ1) is 7.17. The van der Waals surface area contributed by atoms with E-state index in [-0.39, 0.29) is 11.7 Å². The van der Waals surface area contributed by atoms with Crippen molar-refractivity contribution in [1.82, 2.24) is 0 Å². The van der Waals surface area contributed by atoms with Gasteiger partial charge in [-0.25, -0.2) is 8.78 Å². The van der Waals surface area contributed by atoms with E-state index in [1.807, 2.05) is 6.92 Å². The van der Waals surface area contributed by atoms with Crippen molar-refractivity contribution < 1.29 is 8.78 Å². The van der Waals surface area contributed by atoms with Gasteiger partial charge in [-0.15, -0.1) is 0 Å². The number of hydrogen-bond donors (Lipinski definition) is 1. The first-order valence-electron chi connectivity index (χ1n) is 5.39. The molecule has 0 amide bonds. The molecule has 0 aliphatic carbocycles. The molecule has 0 radical (unpaired) electrons. The van der Waals surface area contributed by atoms with E-state index in [4.69, 9.17) is 0 Å². The molecular formula is C12H17F2N. The van der Waals surface area contributed by atoms with E-state index in [0.29, 0.717) is 0 Å². The molecule has 15 heavy (non-hydrogen) atoms. The first-order valence-corrected chi connectivity index (χ1v) is 5.39. The highest BCUT2D eigenvalue weighted by molar-refractivity contribution is 5.45. The predicted octanol–water partition coefficient (Wildman–Crippen LogP) is 3.96. The van der Waals surface area contributed by atoms with Crippen molar-refractivity contribution in [3.63, 3.8) is 0 Å². The fourth-order valence-corrected chi connectivity index (χ4v) is 1.55. The zero-order chi connectivity index (χ0) is 11.3. The Balaban J connectivity index is 2.73. The second-order valence-electron chi connectivity index (χ2n) is 3.66. The summed E-state index contributed by atoms with van der Waals surface area (Å²) in [7, 11) is 0. The quantitative estimate of drug-likeness (QED) is 0.780. The van der Waals surface area contributed by atoms with E-state index >= 15 is 0 Å². The largest absolute Gasteiger partial charge is 0.380 e. The third-order valence-electron chi connectivity index (χ3n) is 2.42. The van der Waals surface area contributed by atoms with Crippen LogP contribution in [0, 0.1) is 11.6 Å². The van der Waals surface area contributed by atoms with Gasteiger partial charge in [0.1, 0.15) is 11.6 Å². The van der Waals surface area contributed by atoms with Gasteiger partial charge in [-0.05, 0) is 31.0 Å². The molecule has 1 aromatic carbocycles. The van der Waals surface area contributed by atoms with Gasteiger partial charge in [-0.1, -0.05) is 20.3 Å². The van der Waals surface area contributed by atoms with Crippen molar-refractivity contribution in [2.75, 3.05) is 5.32 Å². The smallest absolute Gasteiger partial charge is 0.146 e. The average Bonchev–Trinajstić information content (AvgIpc) is 2.22. The maximum atomic E-state index is 13.3. The second kappa shape index (κ2) is 5.69. The van der Waals surface area contributed by atoms with Crippen LogP contribution in [0.15, 0.2) is 18.2 Å². The molecule has 0 fully saturated rings. The van der Waals surface area contributed by atoms with Crippen LogP contribution in [0.25, 0.3) is 0 Å². The number of rotatable bonds is 5.